The van der Waals surface area contributed by atoms with Gasteiger partial charge in [-0.2, -0.15) is 0 Å². The molecule has 0 spiro atoms. The van der Waals surface area contributed by atoms with Gasteiger partial charge >= 0.3 is 5.97 Å². The van der Waals surface area contributed by atoms with Gasteiger partial charge < -0.3 is 10.8 Å². The summed E-state index contributed by atoms with van der Waals surface area (Å²) in [5.74, 6) is -0.866. The number of rotatable bonds is 8. The molecule has 0 aliphatic carbocycles. The van der Waals surface area contributed by atoms with Gasteiger partial charge in [-0.15, -0.1) is 0 Å². The normalized spacial score (nSPS) is 15.1. The summed E-state index contributed by atoms with van der Waals surface area (Å²) in [6.45, 7) is 3.92. The van der Waals surface area contributed by atoms with E-state index in [0.29, 0.717) is 0 Å². The van der Waals surface area contributed by atoms with Gasteiger partial charge in [-0.05, 0) is 13.3 Å². The molecule has 0 heterocycles. The van der Waals surface area contributed by atoms with Crippen LogP contribution < -0.4 is 11.1 Å². The fourth-order valence-electron chi connectivity index (χ4n) is 1.28. The van der Waals surface area contributed by atoms with Crippen LogP contribution in [0.25, 0.3) is 0 Å². The summed E-state index contributed by atoms with van der Waals surface area (Å²) in [6, 6.07) is 0. The van der Waals surface area contributed by atoms with E-state index in [0.717, 1.165) is 19.3 Å². The maximum absolute atomic E-state index is 10.3. The second-order valence-electron chi connectivity index (χ2n) is 3.98. The first-order valence-electron chi connectivity index (χ1n) is 5.23. The molecule has 0 bridgehead atoms. The van der Waals surface area contributed by atoms with E-state index in [4.69, 9.17) is 10.8 Å². The van der Waals surface area contributed by atoms with E-state index in [-0.39, 0.29) is 6.54 Å². The van der Waals surface area contributed by atoms with E-state index < -0.39 is 11.6 Å². The van der Waals surface area contributed by atoms with Crippen LogP contribution in [0.2, 0.25) is 0 Å². The molecule has 4 heteroatoms. The van der Waals surface area contributed by atoms with Crippen molar-refractivity contribution in [1.82, 2.24) is 5.32 Å². The fraction of sp³-hybridized carbons (Fsp3) is 0.900. The molecule has 0 rings (SSSR count). The summed E-state index contributed by atoms with van der Waals surface area (Å²) >= 11 is 0. The Balaban J connectivity index is 3.55. The molecule has 0 aromatic heterocycles. The summed E-state index contributed by atoms with van der Waals surface area (Å²) in [5, 5.41) is 11.3. The van der Waals surface area contributed by atoms with E-state index in [2.05, 4.69) is 12.2 Å². The maximum atomic E-state index is 10.3. The highest BCUT2D eigenvalue weighted by atomic mass is 16.4. The average molecular weight is 202 g/mol. The van der Waals surface area contributed by atoms with Crippen LogP contribution in [0.5, 0.6) is 0 Å². The Labute approximate surface area is 85.9 Å². The highest BCUT2D eigenvalue weighted by molar-refractivity contribution is 5.69. The molecule has 84 valence electrons. The van der Waals surface area contributed by atoms with Gasteiger partial charge in [-0.3, -0.25) is 10.1 Å². The molecule has 0 saturated heterocycles. The second kappa shape index (κ2) is 6.79. The number of nitrogens with two attached hydrogens (primary N) is 1. The number of carboxylic acid groups (broad SMARTS) is 1. The molecule has 0 aliphatic rings. The largest absolute Gasteiger partial charge is 0.480 e. The molecule has 0 aromatic carbocycles. The molecular weight excluding hydrogens is 180 g/mol. The van der Waals surface area contributed by atoms with Crippen LogP contribution >= 0.6 is 0 Å². The summed E-state index contributed by atoms with van der Waals surface area (Å²) in [4.78, 5) is 10.3. The Kier molecular flexibility index (Phi) is 6.49. The third-order valence-corrected chi connectivity index (χ3v) is 2.19. The summed E-state index contributed by atoms with van der Waals surface area (Å²) < 4.78 is 0. The number of carboxylic acids is 1. The lowest BCUT2D eigenvalue weighted by atomic mass is 10.0. The molecule has 4 N–H and O–H groups in total. The fourth-order valence-corrected chi connectivity index (χ4v) is 1.28. The third-order valence-electron chi connectivity index (χ3n) is 2.19. The molecule has 1 unspecified atom stereocenters. The number of carbonyl (C=O) groups is 1. The predicted octanol–water partition coefficient (Wildman–Crippen LogP) is 1.31. The molecule has 0 fully saturated rings. The Morgan fingerprint density at radius 3 is 2.57 bits per heavy atom. The Bertz CT molecular complexity index is 170. The Hall–Kier alpha value is -0.610. The van der Waals surface area contributed by atoms with Crippen LogP contribution in [-0.2, 0) is 4.79 Å². The van der Waals surface area contributed by atoms with E-state index in [1.807, 2.05) is 6.92 Å². The minimum atomic E-state index is -0.866. The Morgan fingerprint density at radius 1 is 1.43 bits per heavy atom. The van der Waals surface area contributed by atoms with Crippen LogP contribution in [-0.4, -0.2) is 23.3 Å². The van der Waals surface area contributed by atoms with Crippen molar-refractivity contribution in [1.29, 1.82) is 0 Å². The number of hydrogen-bond acceptors (Lipinski definition) is 3. The van der Waals surface area contributed by atoms with Crippen molar-refractivity contribution in [2.24, 2.45) is 5.73 Å². The first kappa shape index (κ1) is 13.4. The minimum Gasteiger partial charge on any atom is -0.480 e. The number of nitrogens with one attached hydrogen (secondary N) is 1. The van der Waals surface area contributed by atoms with Crippen molar-refractivity contribution < 1.29 is 9.90 Å². The lowest BCUT2D eigenvalue weighted by Crippen LogP contribution is -2.52. The van der Waals surface area contributed by atoms with E-state index in [1.54, 1.807) is 0 Å². The molecule has 0 aromatic rings. The zero-order valence-corrected chi connectivity index (χ0v) is 9.18. The second-order valence-corrected chi connectivity index (χ2v) is 3.98. The van der Waals surface area contributed by atoms with Crippen LogP contribution in [0, 0.1) is 0 Å². The summed E-state index contributed by atoms with van der Waals surface area (Å²) in [6.07, 6.45) is 5.45. The smallest absolute Gasteiger partial charge is 0.317 e. The monoisotopic (exact) mass is 202 g/mol. The quantitative estimate of drug-likeness (QED) is 0.410. The SMILES string of the molecule is CCCCCCC(C)(N)NCC(=O)O. The number of hydrogen-bond donors (Lipinski definition) is 3. The lowest BCUT2D eigenvalue weighted by molar-refractivity contribution is -0.136. The van der Waals surface area contributed by atoms with E-state index in [1.165, 1.54) is 12.8 Å². The van der Waals surface area contributed by atoms with Crippen molar-refractivity contribution in [2.45, 2.75) is 51.6 Å². The van der Waals surface area contributed by atoms with Gasteiger partial charge in [0.2, 0.25) is 0 Å². The third kappa shape index (κ3) is 8.01. The first-order valence-corrected chi connectivity index (χ1v) is 5.23. The molecular formula is C10H22N2O2. The van der Waals surface area contributed by atoms with Gasteiger partial charge in [-0.1, -0.05) is 32.6 Å². The van der Waals surface area contributed by atoms with Gasteiger partial charge in [-0.25, -0.2) is 0 Å². The zero-order chi connectivity index (χ0) is 11.0. The molecule has 0 saturated carbocycles. The van der Waals surface area contributed by atoms with Crippen molar-refractivity contribution in [3.05, 3.63) is 0 Å². The number of unbranched alkanes of at least 4 members (excludes halogenated alkanes) is 3. The van der Waals surface area contributed by atoms with Gasteiger partial charge in [0.25, 0.3) is 0 Å². The maximum Gasteiger partial charge on any atom is 0.317 e. The summed E-state index contributed by atoms with van der Waals surface area (Å²) in [7, 11) is 0. The van der Waals surface area contributed by atoms with Crippen LogP contribution in [0.3, 0.4) is 0 Å². The molecule has 4 nitrogen and oxygen atoms in total. The van der Waals surface area contributed by atoms with Gasteiger partial charge in [0.1, 0.15) is 0 Å². The van der Waals surface area contributed by atoms with Crippen molar-refractivity contribution in [3.63, 3.8) is 0 Å². The molecule has 0 radical (unpaired) electrons. The van der Waals surface area contributed by atoms with E-state index >= 15 is 0 Å². The van der Waals surface area contributed by atoms with Gasteiger partial charge in [0, 0.05) is 0 Å². The molecule has 0 amide bonds. The molecule has 1 atom stereocenters. The summed E-state index contributed by atoms with van der Waals surface area (Å²) in [5.41, 5.74) is 5.32. The van der Waals surface area contributed by atoms with Crippen molar-refractivity contribution >= 4 is 5.97 Å². The predicted molar refractivity (Wildman–Crippen MR) is 57.0 cm³/mol. The minimum absolute atomic E-state index is 0.0687. The van der Waals surface area contributed by atoms with E-state index in [9.17, 15) is 4.79 Å². The molecule has 14 heavy (non-hydrogen) atoms. The molecule has 0 aliphatic heterocycles. The first-order chi connectivity index (χ1) is 6.48. The average Bonchev–Trinajstić information content (AvgIpc) is 2.10. The zero-order valence-electron chi connectivity index (χ0n) is 9.18. The lowest BCUT2D eigenvalue weighted by Gasteiger charge is -2.25. The van der Waals surface area contributed by atoms with Crippen LogP contribution in [0.4, 0.5) is 0 Å². The standard InChI is InChI=1S/C10H22N2O2/c1-3-4-5-6-7-10(2,11)12-8-9(13)14/h12H,3-8,11H2,1-2H3,(H,13,14). The van der Waals surface area contributed by atoms with Crippen LogP contribution in [0.1, 0.15) is 46.0 Å². The van der Waals surface area contributed by atoms with Crippen LogP contribution in [0.15, 0.2) is 0 Å². The topological polar surface area (TPSA) is 75.3 Å². The van der Waals surface area contributed by atoms with Crippen molar-refractivity contribution in [3.8, 4) is 0 Å². The highest BCUT2D eigenvalue weighted by Gasteiger charge is 2.17. The highest BCUT2D eigenvalue weighted by Crippen LogP contribution is 2.09. The van der Waals surface area contributed by atoms with Gasteiger partial charge in [0.15, 0.2) is 0 Å². The number of aliphatic carboxylic acids is 1. The Morgan fingerprint density at radius 2 is 2.07 bits per heavy atom. The van der Waals surface area contributed by atoms with Gasteiger partial charge in [0.05, 0.1) is 12.2 Å². The van der Waals surface area contributed by atoms with Crippen molar-refractivity contribution in [2.75, 3.05) is 6.54 Å².